The van der Waals surface area contributed by atoms with Gasteiger partial charge >= 0.3 is 5.97 Å². The van der Waals surface area contributed by atoms with Gasteiger partial charge in [-0.1, -0.05) is 0 Å². The highest BCUT2D eigenvalue weighted by Gasteiger charge is 2.11. The van der Waals surface area contributed by atoms with E-state index in [-0.39, 0.29) is 5.57 Å². The van der Waals surface area contributed by atoms with Crippen LogP contribution in [0.3, 0.4) is 0 Å². The summed E-state index contributed by atoms with van der Waals surface area (Å²) in [6, 6.07) is 1.72. The number of halogens is 1. The second-order valence-corrected chi connectivity index (χ2v) is 4.12. The van der Waals surface area contributed by atoms with Crippen molar-refractivity contribution in [1.82, 2.24) is 9.88 Å². The molecule has 15 heavy (non-hydrogen) atoms. The molecule has 0 amide bonds. The Hall–Kier alpha value is -1.36. The zero-order valence-corrected chi connectivity index (χ0v) is 10.0. The summed E-state index contributed by atoms with van der Waals surface area (Å²) in [7, 11) is 3.54. The van der Waals surface area contributed by atoms with Gasteiger partial charge in [-0.25, -0.2) is 4.79 Å². The minimum Gasteiger partial charge on any atom is -0.478 e. The minimum absolute atomic E-state index is 0.216. The Morgan fingerprint density at radius 3 is 2.67 bits per heavy atom. The van der Waals surface area contributed by atoms with Crippen LogP contribution in [0.15, 0.2) is 29.1 Å². The van der Waals surface area contributed by atoms with Gasteiger partial charge < -0.3 is 10.0 Å². The van der Waals surface area contributed by atoms with Crippen molar-refractivity contribution >= 4 is 27.5 Å². The van der Waals surface area contributed by atoms with Crippen LogP contribution in [0.4, 0.5) is 0 Å². The van der Waals surface area contributed by atoms with E-state index in [0.717, 1.165) is 4.47 Å². The summed E-state index contributed by atoms with van der Waals surface area (Å²) in [6.45, 7) is 0. The highest BCUT2D eigenvalue weighted by Crippen LogP contribution is 2.18. The average Bonchev–Trinajstić information content (AvgIpc) is 2.13. The topological polar surface area (TPSA) is 53.4 Å². The number of carboxylic acids is 1. The predicted molar refractivity (Wildman–Crippen MR) is 61.2 cm³/mol. The molecule has 0 saturated heterocycles. The zero-order chi connectivity index (χ0) is 11.4. The Kier molecular flexibility index (Phi) is 3.85. The zero-order valence-electron chi connectivity index (χ0n) is 8.44. The first kappa shape index (κ1) is 11.7. The fourth-order valence-corrected chi connectivity index (χ4v) is 1.44. The van der Waals surface area contributed by atoms with Crippen LogP contribution < -0.4 is 0 Å². The molecule has 4 nitrogen and oxygen atoms in total. The summed E-state index contributed by atoms with van der Waals surface area (Å²) in [6.07, 6.45) is 4.68. The molecule has 0 aliphatic heterocycles. The van der Waals surface area contributed by atoms with Gasteiger partial charge in [0.2, 0.25) is 0 Å². The molecule has 0 spiro atoms. The van der Waals surface area contributed by atoms with E-state index in [1.807, 2.05) is 0 Å². The molecule has 0 atom stereocenters. The largest absolute Gasteiger partial charge is 0.478 e. The summed E-state index contributed by atoms with van der Waals surface area (Å²) in [5, 5.41) is 9.03. The van der Waals surface area contributed by atoms with E-state index >= 15 is 0 Å². The fraction of sp³-hybridized carbons (Fsp3) is 0.200. The smallest absolute Gasteiger partial charge is 0.337 e. The number of aromatic nitrogens is 1. The number of hydrogen-bond donors (Lipinski definition) is 1. The number of carboxylic acid groups (broad SMARTS) is 1. The maximum absolute atomic E-state index is 11.0. The number of hydrogen-bond acceptors (Lipinski definition) is 3. The van der Waals surface area contributed by atoms with E-state index in [2.05, 4.69) is 20.9 Å². The van der Waals surface area contributed by atoms with E-state index < -0.39 is 5.97 Å². The van der Waals surface area contributed by atoms with E-state index in [0.29, 0.717) is 5.56 Å². The van der Waals surface area contributed by atoms with Crippen molar-refractivity contribution in [1.29, 1.82) is 0 Å². The quantitative estimate of drug-likeness (QED) is 0.852. The lowest BCUT2D eigenvalue weighted by Gasteiger charge is -2.08. The van der Waals surface area contributed by atoms with Gasteiger partial charge in [0.15, 0.2) is 0 Å². The van der Waals surface area contributed by atoms with Crippen LogP contribution in [0.5, 0.6) is 0 Å². The maximum Gasteiger partial charge on any atom is 0.337 e. The first-order valence-corrected chi connectivity index (χ1v) is 5.02. The van der Waals surface area contributed by atoms with Crippen LogP contribution in [-0.2, 0) is 4.79 Å². The highest BCUT2D eigenvalue weighted by atomic mass is 79.9. The number of pyridine rings is 1. The molecule has 0 bridgehead atoms. The number of rotatable bonds is 3. The van der Waals surface area contributed by atoms with Crippen molar-refractivity contribution in [2.45, 2.75) is 0 Å². The molecule has 0 aliphatic rings. The first-order valence-electron chi connectivity index (χ1n) is 4.23. The summed E-state index contributed by atoms with van der Waals surface area (Å²) in [5.74, 6) is -0.969. The van der Waals surface area contributed by atoms with Crippen LogP contribution in [0.25, 0.3) is 5.57 Å². The standard InChI is InChI=1S/C10H11BrN2O2/c1-13(2)6-9(10(14)15)7-3-8(11)5-12-4-7/h3-6H,1-2H3,(H,14,15). The molecular formula is C10H11BrN2O2. The molecule has 1 aromatic heterocycles. The van der Waals surface area contributed by atoms with Crippen LogP contribution in [0.2, 0.25) is 0 Å². The third kappa shape index (κ3) is 3.36. The molecule has 0 aromatic carbocycles. The molecular weight excluding hydrogens is 260 g/mol. The molecule has 0 saturated carbocycles. The Morgan fingerprint density at radius 2 is 2.20 bits per heavy atom. The minimum atomic E-state index is -0.969. The van der Waals surface area contributed by atoms with Crippen molar-refractivity contribution < 1.29 is 9.90 Å². The summed E-state index contributed by atoms with van der Waals surface area (Å²) >= 11 is 3.25. The molecule has 0 fully saturated rings. The van der Waals surface area contributed by atoms with Gasteiger partial charge in [0.1, 0.15) is 0 Å². The first-order chi connectivity index (χ1) is 7.00. The molecule has 1 heterocycles. The monoisotopic (exact) mass is 270 g/mol. The second kappa shape index (κ2) is 4.93. The molecule has 1 rings (SSSR count). The predicted octanol–water partition coefficient (Wildman–Crippen LogP) is 1.83. The normalized spacial score (nSPS) is 11.3. The summed E-state index contributed by atoms with van der Waals surface area (Å²) < 4.78 is 0.755. The molecule has 80 valence electrons. The molecule has 5 heteroatoms. The van der Waals surface area contributed by atoms with Gasteiger partial charge in [-0.15, -0.1) is 0 Å². The Bertz CT molecular complexity index is 402. The van der Waals surface area contributed by atoms with Crippen molar-refractivity contribution in [3.63, 3.8) is 0 Å². The van der Waals surface area contributed by atoms with Gasteiger partial charge in [-0.2, -0.15) is 0 Å². The van der Waals surface area contributed by atoms with Gasteiger partial charge in [0.05, 0.1) is 5.57 Å². The van der Waals surface area contributed by atoms with Crippen molar-refractivity contribution in [3.05, 3.63) is 34.7 Å². The lowest BCUT2D eigenvalue weighted by molar-refractivity contribution is -0.130. The van der Waals surface area contributed by atoms with Gasteiger partial charge in [-0.3, -0.25) is 4.98 Å². The third-order valence-corrected chi connectivity index (χ3v) is 2.07. The van der Waals surface area contributed by atoms with E-state index in [1.165, 1.54) is 6.20 Å². The van der Waals surface area contributed by atoms with Gasteiger partial charge in [0, 0.05) is 42.7 Å². The SMILES string of the molecule is CN(C)C=C(C(=O)O)c1cncc(Br)c1. The maximum atomic E-state index is 11.0. The fourth-order valence-electron chi connectivity index (χ4n) is 1.07. The van der Waals surface area contributed by atoms with Crippen LogP contribution >= 0.6 is 15.9 Å². The molecule has 1 aromatic rings. The van der Waals surface area contributed by atoms with E-state index in [1.54, 1.807) is 37.5 Å². The number of nitrogens with zero attached hydrogens (tertiary/aromatic N) is 2. The molecule has 0 unspecified atom stereocenters. The summed E-state index contributed by atoms with van der Waals surface area (Å²) in [5.41, 5.74) is 0.791. The molecule has 0 radical (unpaired) electrons. The van der Waals surface area contributed by atoms with E-state index in [9.17, 15) is 4.79 Å². The number of aliphatic carboxylic acids is 1. The van der Waals surface area contributed by atoms with Crippen molar-refractivity contribution in [2.24, 2.45) is 0 Å². The van der Waals surface area contributed by atoms with Gasteiger partial charge in [-0.05, 0) is 22.0 Å². The lowest BCUT2D eigenvalue weighted by atomic mass is 10.1. The van der Waals surface area contributed by atoms with Gasteiger partial charge in [0.25, 0.3) is 0 Å². The third-order valence-electron chi connectivity index (χ3n) is 1.63. The van der Waals surface area contributed by atoms with Crippen molar-refractivity contribution in [2.75, 3.05) is 14.1 Å². The highest BCUT2D eigenvalue weighted by molar-refractivity contribution is 9.10. The van der Waals surface area contributed by atoms with Crippen LogP contribution in [0, 0.1) is 0 Å². The second-order valence-electron chi connectivity index (χ2n) is 3.20. The Morgan fingerprint density at radius 1 is 1.53 bits per heavy atom. The summed E-state index contributed by atoms with van der Waals surface area (Å²) in [4.78, 5) is 16.6. The lowest BCUT2D eigenvalue weighted by Crippen LogP contribution is -2.08. The Balaban J connectivity index is 3.16. The van der Waals surface area contributed by atoms with Crippen LogP contribution in [0.1, 0.15) is 5.56 Å². The van der Waals surface area contributed by atoms with E-state index in [4.69, 9.17) is 5.11 Å². The Labute approximate surface area is 96.4 Å². The van der Waals surface area contributed by atoms with Crippen molar-refractivity contribution in [3.8, 4) is 0 Å². The molecule has 1 N–H and O–H groups in total. The van der Waals surface area contributed by atoms with Crippen LogP contribution in [-0.4, -0.2) is 35.1 Å². The molecule has 0 aliphatic carbocycles. The average molecular weight is 271 g/mol. The number of carbonyl (C=O) groups is 1.